The van der Waals surface area contributed by atoms with Gasteiger partial charge in [-0.2, -0.15) is 0 Å². The van der Waals surface area contributed by atoms with Crippen LogP contribution in [0.1, 0.15) is 5.56 Å². The number of benzene rings is 3. The van der Waals surface area contributed by atoms with Gasteiger partial charge in [0.25, 0.3) is 11.8 Å². The summed E-state index contributed by atoms with van der Waals surface area (Å²) >= 11 is 6.95. The summed E-state index contributed by atoms with van der Waals surface area (Å²) in [4.78, 5) is 24.0. The topological polar surface area (TPSA) is 85.9 Å². The van der Waals surface area contributed by atoms with E-state index in [1.54, 1.807) is 37.5 Å². The molecular formula is C23H20Br2N2O5. The Labute approximate surface area is 202 Å². The SMILES string of the molecule is COc1ccc(C=CC(=O)NNC(=O)COc2ccc3cc(Br)ccc3c2Br)cc1OC. The summed E-state index contributed by atoms with van der Waals surface area (Å²) < 4.78 is 17.7. The zero-order valence-corrected chi connectivity index (χ0v) is 20.4. The number of rotatable bonds is 7. The number of halogens is 2. The molecule has 0 bridgehead atoms. The molecule has 7 nitrogen and oxygen atoms in total. The number of methoxy groups -OCH3 is 2. The molecule has 3 aromatic rings. The van der Waals surface area contributed by atoms with Gasteiger partial charge in [-0.1, -0.05) is 34.1 Å². The van der Waals surface area contributed by atoms with Gasteiger partial charge in [0.15, 0.2) is 18.1 Å². The minimum atomic E-state index is -0.499. The molecule has 0 fully saturated rings. The molecule has 0 spiro atoms. The zero-order chi connectivity index (χ0) is 23.1. The molecule has 0 aliphatic heterocycles. The number of hydrogen-bond acceptors (Lipinski definition) is 5. The van der Waals surface area contributed by atoms with Crippen molar-refractivity contribution in [3.63, 3.8) is 0 Å². The lowest BCUT2D eigenvalue weighted by Crippen LogP contribution is -2.43. The highest BCUT2D eigenvalue weighted by Gasteiger charge is 2.10. The van der Waals surface area contributed by atoms with Gasteiger partial charge in [-0.15, -0.1) is 0 Å². The lowest BCUT2D eigenvalue weighted by molar-refractivity contribution is -0.128. The Bertz CT molecular complexity index is 1180. The monoisotopic (exact) mass is 562 g/mol. The molecule has 0 aliphatic carbocycles. The summed E-state index contributed by atoms with van der Waals surface area (Å²) in [6.45, 7) is -0.264. The smallest absolute Gasteiger partial charge is 0.276 e. The molecule has 0 aliphatic rings. The Balaban J connectivity index is 1.51. The van der Waals surface area contributed by atoms with E-state index in [-0.39, 0.29) is 6.61 Å². The third-order valence-corrected chi connectivity index (χ3v) is 5.71. The first-order valence-electron chi connectivity index (χ1n) is 9.40. The maximum Gasteiger partial charge on any atom is 0.276 e. The Morgan fingerprint density at radius 3 is 2.41 bits per heavy atom. The standard InChI is InChI=1S/C23H20Br2N2O5/c1-30-18-8-3-14(11-20(18)31-2)4-10-21(28)26-27-22(29)13-32-19-9-5-15-12-16(24)6-7-17(15)23(19)25/h3-12H,13H2,1-2H3,(H,26,28)(H,27,29). The quantitative estimate of drug-likeness (QED) is 0.323. The van der Waals surface area contributed by atoms with Crippen molar-refractivity contribution in [2.75, 3.05) is 20.8 Å². The molecule has 0 heterocycles. The second kappa shape index (κ2) is 11.0. The Morgan fingerprint density at radius 2 is 1.66 bits per heavy atom. The van der Waals surface area contributed by atoms with Crippen molar-refractivity contribution >= 4 is 60.5 Å². The molecule has 3 aromatic carbocycles. The highest BCUT2D eigenvalue weighted by molar-refractivity contribution is 9.11. The molecule has 166 valence electrons. The number of hydrogen-bond donors (Lipinski definition) is 2. The van der Waals surface area contributed by atoms with Crippen LogP contribution in [0.15, 0.2) is 63.6 Å². The second-order valence-corrected chi connectivity index (χ2v) is 8.23. The van der Waals surface area contributed by atoms with Gasteiger partial charge < -0.3 is 14.2 Å². The van der Waals surface area contributed by atoms with Crippen LogP contribution in [-0.4, -0.2) is 32.6 Å². The molecule has 0 atom stereocenters. The van der Waals surface area contributed by atoms with Crippen molar-refractivity contribution in [2.24, 2.45) is 0 Å². The van der Waals surface area contributed by atoms with Gasteiger partial charge in [0.2, 0.25) is 0 Å². The second-order valence-electron chi connectivity index (χ2n) is 6.52. The van der Waals surface area contributed by atoms with E-state index in [4.69, 9.17) is 14.2 Å². The van der Waals surface area contributed by atoms with Gasteiger partial charge in [0, 0.05) is 10.5 Å². The third-order valence-electron chi connectivity index (χ3n) is 4.40. The largest absolute Gasteiger partial charge is 0.493 e. The van der Waals surface area contributed by atoms with Crippen molar-refractivity contribution in [2.45, 2.75) is 0 Å². The molecule has 0 saturated carbocycles. The van der Waals surface area contributed by atoms with Gasteiger partial charge >= 0.3 is 0 Å². The number of ether oxygens (including phenoxy) is 3. The number of carbonyl (C=O) groups excluding carboxylic acids is 2. The van der Waals surface area contributed by atoms with E-state index in [1.165, 1.54) is 13.2 Å². The summed E-state index contributed by atoms with van der Waals surface area (Å²) in [5.74, 6) is 0.668. The number of carbonyl (C=O) groups is 2. The lowest BCUT2D eigenvalue weighted by atomic mass is 10.1. The van der Waals surface area contributed by atoms with Crippen LogP contribution < -0.4 is 25.1 Å². The van der Waals surface area contributed by atoms with E-state index < -0.39 is 11.8 Å². The van der Waals surface area contributed by atoms with E-state index >= 15 is 0 Å². The van der Waals surface area contributed by atoms with Crippen LogP contribution in [0.2, 0.25) is 0 Å². The maximum atomic E-state index is 12.0. The molecule has 0 saturated heterocycles. The predicted molar refractivity (Wildman–Crippen MR) is 130 cm³/mol. The molecule has 9 heteroatoms. The summed E-state index contributed by atoms with van der Waals surface area (Å²) in [6, 6.07) is 14.8. The molecule has 0 radical (unpaired) electrons. The normalized spacial score (nSPS) is 10.8. The van der Waals surface area contributed by atoms with E-state index in [1.807, 2.05) is 24.3 Å². The Kier molecular flexibility index (Phi) is 8.13. The van der Waals surface area contributed by atoms with Crippen LogP contribution in [-0.2, 0) is 9.59 Å². The van der Waals surface area contributed by atoms with E-state index in [0.29, 0.717) is 17.2 Å². The van der Waals surface area contributed by atoms with Gasteiger partial charge in [0.05, 0.1) is 18.7 Å². The number of nitrogens with one attached hydrogen (secondary N) is 2. The van der Waals surface area contributed by atoms with Crippen molar-refractivity contribution in [3.8, 4) is 17.2 Å². The van der Waals surface area contributed by atoms with Crippen LogP contribution in [0.5, 0.6) is 17.2 Å². The minimum absolute atomic E-state index is 0.264. The van der Waals surface area contributed by atoms with Gasteiger partial charge in [-0.3, -0.25) is 20.4 Å². The van der Waals surface area contributed by atoms with Crippen molar-refractivity contribution in [1.82, 2.24) is 10.9 Å². The van der Waals surface area contributed by atoms with Gasteiger partial charge in [-0.05, 0) is 68.7 Å². The van der Waals surface area contributed by atoms with E-state index in [0.717, 1.165) is 25.3 Å². The summed E-state index contributed by atoms with van der Waals surface area (Å²) in [5.41, 5.74) is 5.36. The Morgan fingerprint density at radius 1 is 0.906 bits per heavy atom. The predicted octanol–water partition coefficient (Wildman–Crippen LogP) is 4.62. The first-order valence-corrected chi connectivity index (χ1v) is 11.0. The molecular weight excluding hydrogens is 544 g/mol. The first kappa shape index (κ1) is 23.6. The summed E-state index contributed by atoms with van der Waals surface area (Å²) in [6.07, 6.45) is 2.88. The van der Waals surface area contributed by atoms with Gasteiger partial charge in [-0.25, -0.2) is 0 Å². The highest BCUT2D eigenvalue weighted by Crippen LogP contribution is 2.34. The van der Waals surface area contributed by atoms with Crippen molar-refractivity contribution in [1.29, 1.82) is 0 Å². The lowest BCUT2D eigenvalue weighted by Gasteiger charge is -2.11. The molecule has 2 amide bonds. The molecule has 0 unspecified atom stereocenters. The summed E-state index contributed by atoms with van der Waals surface area (Å²) in [5, 5.41) is 1.98. The average Bonchev–Trinajstić information content (AvgIpc) is 2.80. The molecule has 0 aromatic heterocycles. The fraction of sp³-hybridized carbons (Fsp3) is 0.130. The first-order chi connectivity index (χ1) is 15.4. The van der Waals surface area contributed by atoms with Crippen LogP contribution in [0, 0.1) is 0 Å². The fourth-order valence-electron chi connectivity index (χ4n) is 2.83. The van der Waals surface area contributed by atoms with Crippen LogP contribution in [0.25, 0.3) is 16.8 Å². The molecule has 3 rings (SSSR count). The third kappa shape index (κ3) is 6.02. The van der Waals surface area contributed by atoms with Gasteiger partial charge in [0.1, 0.15) is 5.75 Å². The summed E-state index contributed by atoms with van der Waals surface area (Å²) in [7, 11) is 3.08. The highest BCUT2D eigenvalue weighted by atomic mass is 79.9. The zero-order valence-electron chi connectivity index (χ0n) is 17.3. The van der Waals surface area contributed by atoms with Crippen LogP contribution in [0.4, 0.5) is 0 Å². The van der Waals surface area contributed by atoms with Crippen molar-refractivity contribution < 1.29 is 23.8 Å². The molecule has 2 N–H and O–H groups in total. The van der Waals surface area contributed by atoms with E-state index in [9.17, 15) is 9.59 Å². The minimum Gasteiger partial charge on any atom is -0.493 e. The number of fused-ring (bicyclic) bond motifs is 1. The molecule has 32 heavy (non-hydrogen) atoms. The average molecular weight is 564 g/mol. The van der Waals surface area contributed by atoms with Crippen molar-refractivity contribution in [3.05, 3.63) is 69.1 Å². The fourth-order valence-corrected chi connectivity index (χ4v) is 3.82. The Hall–Kier alpha value is -3.04. The van der Waals surface area contributed by atoms with Crippen LogP contribution >= 0.6 is 31.9 Å². The van der Waals surface area contributed by atoms with E-state index in [2.05, 4.69) is 42.7 Å². The maximum absolute atomic E-state index is 12.0. The number of amides is 2. The van der Waals surface area contributed by atoms with Crippen LogP contribution in [0.3, 0.4) is 0 Å². The number of hydrazine groups is 1.